The van der Waals surface area contributed by atoms with Crippen LogP contribution in [0.5, 0.6) is 0 Å². The van der Waals surface area contributed by atoms with E-state index in [1.165, 1.54) is 12.1 Å². The summed E-state index contributed by atoms with van der Waals surface area (Å²) in [6.45, 7) is 6.29. The highest BCUT2D eigenvalue weighted by molar-refractivity contribution is 5.23. The van der Waals surface area contributed by atoms with Crippen LogP contribution < -0.4 is 0 Å². The molecule has 1 atom stereocenters. The van der Waals surface area contributed by atoms with Gasteiger partial charge in [0.2, 0.25) is 0 Å². The minimum Gasteiger partial charge on any atom is -0.385 e. The molecule has 1 aromatic carbocycles. The average Bonchev–Trinajstić information content (AvgIpc) is 2.53. The molecule has 1 aromatic rings. The molecular formula is C15H22FNO. The third-order valence-electron chi connectivity index (χ3n) is 3.96. The maximum absolute atomic E-state index is 12.9. The Labute approximate surface area is 108 Å². The quantitative estimate of drug-likeness (QED) is 0.873. The van der Waals surface area contributed by atoms with E-state index in [4.69, 9.17) is 0 Å². The fourth-order valence-corrected chi connectivity index (χ4v) is 2.71. The van der Waals surface area contributed by atoms with Crippen molar-refractivity contribution < 1.29 is 9.50 Å². The molecule has 18 heavy (non-hydrogen) atoms. The van der Waals surface area contributed by atoms with Gasteiger partial charge in [0.05, 0.1) is 5.60 Å². The summed E-state index contributed by atoms with van der Waals surface area (Å²) < 4.78 is 12.9. The van der Waals surface area contributed by atoms with Crippen molar-refractivity contribution in [3.63, 3.8) is 0 Å². The molecule has 0 amide bonds. The Morgan fingerprint density at radius 1 is 1.17 bits per heavy atom. The molecule has 1 fully saturated rings. The third-order valence-corrected chi connectivity index (χ3v) is 3.96. The smallest absolute Gasteiger partial charge is 0.123 e. The first-order valence-electron chi connectivity index (χ1n) is 6.74. The zero-order valence-corrected chi connectivity index (χ0v) is 11.2. The number of rotatable bonds is 2. The molecule has 1 unspecified atom stereocenters. The standard InChI is InChI=1S/C15H22FNO/c1-12(2)17-10-3-8-15(18,9-11-17)13-4-6-14(16)7-5-13/h4-7,12,18H,3,8-11H2,1-2H3. The van der Waals surface area contributed by atoms with Gasteiger partial charge in [-0.05, 0) is 57.4 Å². The van der Waals surface area contributed by atoms with Gasteiger partial charge in [0.15, 0.2) is 0 Å². The minimum absolute atomic E-state index is 0.250. The van der Waals surface area contributed by atoms with Gasteiger partial charge in [-0.1, -0.05) is 12.1 Å². The molecule has 1 aliphatic rings. The summed E-state index contributed by atoms with van der Waals surface area (Å²) in [5, 5.41) is 10.8. The van der Waals surface area contributed by atoms with Crippen molar-refractivity contribution in [2.24, 2.45) is 0 Å². The van der Waals surface area contributed by atoms with E-state index in [0.29, 0.717) is 6.04 Å². The fraction of sp³-hybridized carbons (Fsp3) is 0.600. The van der Waals surface area contributed by atoms with Crippen LogP contribution in [-0.4, -0.2) is 29.1 Å². The second kappa shape index (κ2) is 5.37. The summed E-state index contributed by atoms with van der Waals surface area (Å²) in [5.74, 6) is -0.250. The molecule has 0 bridgehead atoms. The molecular weight excluding hydrogens is 229 g/mol. The molecule has 100 valence electrons. The average molecular weight is 251 g/mol. The maximum atomic E-state index is 12.9. The third kappa shape index (κ3) is 2.90. The number of aliphatic hydroxyl groups is 1. The van der Waals surface area contributed by atoms with E-state index in [2.05, 4.69) is 18.7 Å². The molecule has 0 spiro atoms. The molecule has 2 rings (SSSR count). The predicted octanol–water partition coefficient (Wildman–Crippen LogP) is 2.91. The predicted molar refractivity (Wildman–Crippen MR) is 70.9 cm³/mol. The highest BCUT2D eigenvalue weighted by Crippen LogP contribution is 2.33. The number of hydrogen-bond donors (Lipinski definition) is 1. The lowest BCUT2D eigenvalue weighted by molar-refractivity contribution is 0.0203. The van der Waals surface area contributed by atoms with Gasteiger partial charge in [0.1, 0.15) is 5.82 Å². The first-order chi connectivity index (χ1) is 8.51. The largest absolute Gasteiger partial charge is 0.385 e. The lowest BCUT2D eigenvalue weighted by atomic mass is 9.87. The Morgan fingerprint density at radius 2 is 1.83 bits per heavy atom. The van der Waals surface area contributed by atoms with Gasteiger partial charge in [0.25, 0.3) is 0 Å². The molecule has 1 N–H and O–H groups in total. The van der Waals surface area contributed by atoms with Crippen LogP contribution in [-0.2, 0) is 5.60 Å². The van der Waals surface area contributed by atoms with Crippen molar-refractivity contribution in [1.29, 1.82) is 0 Å². The second-order valence-corrected chi connectivity index (χ2v) is 5.52. The molecule has 3 heteroatoms. The van der Waals surface area contributed by atoms with Crippen molar-refractivity contribution in [1.82, 2.24) is 4.90 Å². The SMILES string of the molecule is CC(C)N1CCCC(O)(c2ccc(F)cc2)CC1. The molecule has 2 nitrogen and oxygen atoms in total. The van der Waals surface area contributed by atoms with Crippen LogP contribution in [0.1, 0.15) is 38.7 Å². The van der Waals surface area contributed by atoms with Crippen molar-refractivity contribution in [2.45, 2.75) is 44.8 Å². The number of halogens is 1. The van der Waals surface area contributed by atoms with Gasteiger partial charge in [-0.3, -0.25) is 0 Å². The van der Waals surface area contributed by atoms with Gasteiger partial charge < -0.3 is 10.0 Å². The van der Waals surface area contributed by atoms with Crippen LogP contribution >= 0.6 is 0 Å². The summed E-state index contributed by atoms with van der Waals surface area (Å²) in [6, 6.07) is 6.79. The molecule has 1 aliphatic heterocycles. The van der Waals surface area contributed by atoms with E-state index in [0.717, 1.165) is 37.9 Å². The first kappa shape index (κ1) is 13.5. The zero-order valence-electron chi connectivity index (χ0n) is 11.2. The van der Waals surface area contributed by atoms with Crippen molar-refractivity contribution in [3.8, 4) is 0 Å². The lowest BCUT2D eigenvalue weighted by Gasteiger charge is -2.28. The van der Waals surface area contributed by atoms with Gasteiger partial charge >= 0.3 is 0 Å². The molecule has 0 saturated carbocycles. The van der Waals surface area contributed by atoms with E-state index < -0.39 is 5.60 Å². The number of likely N-dealkylation sites (tertiary alicyclic amines) is 1. The van der Waals surface area contributed by atoms with E-state index >= 15 is 0 Å². The Balaban J connectivity index is 2.14. The van der Waals surface area contributed by atoms with Gasteiger partial charge in [0, 0.05) is 12.6 Å². The molecule has 1 heterocycles. The van der Waals surface area contributed by atoms with Gasteiger partial charge in [-0.25, -0.2) is 4.39 Å². The maximum Gasteiger partial charge on any atom is 0.123 e. The number of hydrogen-bond acceptors (Lipinski definition) is 2. The van der Waals surface area contributed by atoms with Crippen molar-refractivity contribution >= 4 is 0 Å². The summed E-state index contributed by atoms with van der Waals surface area (Å²) >= 11 is 0. The minimum atomic E-state index is -0.794. The molecule has 0 aliphatic carbocycles. The van der Waals surface area contributed by atoms with Crippen LogP contribution in [0, 0.1) is 5.82 Å². The van der Waals surface area contributed by atoms with Crippen molar-refractivity contribution in [2.75, 3.05) is 13.1 Å². The Kier molecular flexibility index (Phi) is 4.03. The number of benzene rings is 1. The highest BCUT2D eigenvalue weighted by Gasteiger charge is 2.32. The van der Waals surface area contributed by atoms with Gasteiger partial charge in [-0.2, -0.15) is 0 Å². The topological polar surface area (TPSA) is 23.5 Å². The number of nitrogens with zero attached hydrogens (tertiary/aromatic N) is 1. The summed E-state index contributed by atoms with van der Waals surface area (Å²) in [5.41, 5.74) is 0.0478. The van der Waals surface area contributed by atoms with Gasteiger partial charge in [-0.15, -0.1) is 0 Å². The lowest BCUT2D eigenvalue weighted by Crippen LogP contribution is -2.33. The Bertz CT molecular complexity index is 390. The summed E-state index contributed by atoms with van der Waals surface area (Å²) in [4.78, 5) is 2.39. The zero-order chi connectivity index (χ0) is 13.2. The van der Waals surface area contributed by atoms with E-state index in [-0.39, 0.29) is 5.82 Å². The Morgan fingerprint density at radius 3 is 2.44 bits per heavy atom. The second-order valence-electron chi connectivity index (χ2n) is 5.52. The summed E-state index contributed by atoms with van der Waals surface area (Å²) in [6.07, 6.45) is 2.45. The normalized spacial score (nSPS) is 26.3. The van der Waals surface area contributed by atoms with Crippen LogP contribution in [0.2, 0.25) is 0 Å². The summed E-state index contributed by atoms with van der Waals surface area (Å²) in [7, 11) is 0. The monoisotopic (exact) mass is 251 g/mol. The first-order valence-corrected chi connectivity index (χ1v) is 6.74. The van der Waals surface area contributed by atoms with Crippen molar-refractivity contribution in [3.05, 3.63) is 35.6 Å². The molecule has 0 aromatic heterocycles. The molecule has 0 radical (unpaired) electrons. The fourth-order valence-electron chi connectivity index (χ4n) is 2.71. The highest BCUT2D eigenvalue weighted by atomic mass is 19.1. The molecule has 1 saturated heterocycles. The van der Waals surface area contributed by atoms with E-state index in [1.807, 2.05) is 0 Å². The van der Waals surface area contributed by atoms with Crippen LogP contribution in [0.25, 0.3) is 0 Å². The van der Waals surface area contributed by atoms with Crippen LogP contribution in [0.15, 0.2) is 24.3 Å². The van der Waals surface area contributed by atoms with Crippen LogP contribution in [0.3, 0.4) is 0 Å². The van der Waals surface area contributed by atoms with Crippen LogP contribution in [0.4, 0.5) is 4.39 Å². The van der Waals surface area contributed by atoms with E-state index in [9.17, 15) is 9.50 Å². The Hall–Kier alpha value is -0.930. The van der Waals surface area contributed by atoms with E-state index in [1.54, 1.807) is 12.1 Å².